The molecule has 0 aromatic carbocycles. The van der Waals surface area contributed by atoms with Crippen molar-refractivity contribution in [1.82, 2.24) is 4.98 Å². The molecule has 3 nitrogen and oxygen atoms in total. The van der Waals surface area contributed by atoms with Crippen molar-refractivity contribution < 1.29 is 5.48 Å². The second kappa shape index (κ2) is 2.54. The summed E-state index contributed by atoms with van der Waals surface area (Å²) in [5, 5.41) is 1.71. The highest BCUT2D eigenvalue weighted by molar-refractivity contribution is 7.07. The van der Waals surface area contributed by atoms with Gasteiger partial charge in [0.1, 0.15) is 0 Å². The quantitative estimate of drug-likeness (QED) is 0.496. The molecule has 3 N–H and O–H groups in total. The van der Waals surface area contributed by atoms with Gasteiger partial charge in [-0.2, -0.15) is 0 Å². The summed E-state index contributed by atoms with van der Waals surface area (Å²) in [5.74, 6) is 0. The first-order chi connectivity index (χ1) is 2.89. The molecule has 0 radical (unpaired) electrons. The van der Waals surface area contributed by atoms with Crippen molar-refractivity contribution in [2.24, 2.45) is 0 Å². The summed E-state index contributed by atoms with van der Waals surface area (Å²) in [6.45, 7) is 0. The molecule has 0 unspecified atom stereocenters. The van der Waals surface area contributed by atoms with Crippen molar-refractivity contribution in [2.45, 2.75) is 0 Å². The zero-order valence-corrected chi connectivity index (χ0v) is 4.29. The van der Waals surface area contributed by atoms with Crippen molar-refractivity contribution in [1.29, 1.82) is 0 Å². The Balaban J connectivity index is 0.000000360. The molecule has 1 rings (SSSR count). The highest BCUT2D eigenvalue weighted by atomic mass is 32.1. The van der Waals surface area contributed by atoms with Crippen molar-refractivity contribution in [3.8, 4) is 0 Å². The van der Waals surface area contributed by atoms with Gasteiger partial charge in [-0.25, -0.2) is 0 Å². The van der Waals surface area contributed by atoms with E-state index in [1.54, 1.807) is 11.6 Å². The average Bonchev–Trinajstić information content (AvgIpc) is 1.86. The van der Waals surface area contributed by atoms with Crippen molar-refractivity contribution in [2.75, 3.05) is 0 Å². The highest BCUT2D eigenvalue weighted by Gasteiger charge is 1.72. The molecule has 0 saturated heterocycles. The van der Waals surface area contributed by atoms with E-state index in [9.17, 15) is 4.79 Å². The Labute approximate surface area is 43.9 Å². The van der Waals surface area contributed by atoms with Gasteiger partial charge in [-0.15, -0.1) is 0 Å². The summed E-state index contributed by atoms with van der Waals surface area (Å²) < 4.78 is 0. The van der Waals surface area contributed by atoms with E-state index in [-0.39, 0.29) is 10.3 Å². The lowest BCUT2D eigenvalue weighted by atomic mass is 11.0. The SMILES string of the molecule is O.O=c1[nH]ccs1. The van der Waals surface area contributed by atoms with E-state index < -0.39 is 0 Å². The maximum Gasteiger partial charge on any atom is 0.304 e. The van der Waals surface area contributed by atoms with Gasteiger partial charge < -0.3 is 10.5 Å². The normalized spacial score (nSPS) is 7.43. The summed E-state index contributed by atoms with van der Waals surface area (Å²) in [7, 11) is 0. The third-order valence-electron chi connectivity index (χ3n) is 0.444. The molecule has 7 heavy (non-hydrogen) atoms. The van der Waals surface area contributed by atoms with Crippen LogP contribution in [-0.2, 0) is 0 Å². The van der Waals surface area contributed by atoms with Crippen molar-refractivity contribution in [3.05, 3.63) is 21.2 Å². The monoisotopic (exact) mass is 119 g/mol. The highest BCUT2D eigenvalue weighted by Crippen LogP contribution is 1.76. The molecule has 1 heterocycles. The summed E-state index contributed by atoms with van der Waals surface area (Å²) in [6.07, 6.45) is 1.62. The van der Waals surface area contributed by atoms with Gasteiger partial charge >= 0.3 is 4.87 Å². The van der Waals surface area contributed by atoms with Crippen LogP contribution in [0.2, 0.25) is 0 Å². The van der Waals surface area contributed by atoms with Crippen molar-refractivity contribution in [3.63, 3.8) is 0 Å². The van der Waals surface area contributed by atoms with E-state index in [4.69, 9.17) is 0 Å². The minimum absolute atomic E-state index is 0. The van der Waals surface area contributed by atoms with E-state index in [1.807, 2.05) is 0 Å². The van der Waals surface area contributed by atoms with Gasteiger partial charge in [0.15, 0.2) is 0 Å². The number of H-pyrrole nitrogens is 1. The van der Waals surface area contributed by atoms with Crippen LogP contribution in [0.3, 0.4) is 0 Å². The lowest BCUT2D eigenvalue weighted by Gasteiger charge is -1.49. The maximum atomic E-state index is 10.0. The predicted octanol–water partition coefficient (Wildman–Crippen LogP) is -0.388. The fourth-order valence-corrected chi connectivity index (χ4v) is 0.628. The van der Waals surface area contributed by atoms with E-state index in [0.29, 0.717) is 0 Å². The minimum Gasteiger partial charge on any atom is -0.412 e. The second-order valence-corrected chi connectivity index (χ2v) is 1.73. The summed E-state index contributed by atoms with van der Waals surface area (Å²) in [4.78, 5) is 12.5. The van der Waals surface area contributed by atoms with Crippen LogP contribution < -0.4 is 4.87 Å². The van der Waals surface area contributed by atoms with Gasteiger partial charge in [0.25, 0.3) is 0 Å². The van der Waals surface area contributed by atoms with Gasteiger partial charge in [0.2, 0.25) is 0 Å². The van der Waals surface area contributed by atoms with Gasteiger partial charge in [-0.05, 0) is 0 Å². The minimum atomic E-state index is 0. The Kier molecular flexibility index (Phi) is 2.32. The number of nitrogens with one attached hydrogen (secondary N) is 1. The van der Waals surface area contributed by atoms with Gasteiger partial charge in [0.05, 0.1) is 0 Å². The lowest BCUT2D eigenvalue weighted by molar-refractivity contribution is 0.824. The number of aromatic amines is 1. The molecular weight excluding hydrogens is 114 g/mol. The number of thiazole rings is 1. The first-order valence-electron chi connectivity index (χ1n) is 1.52. The zero-order chi connectivity index (χ0) is 4.41. The molecule has 0 bridgehead atoms. The molecule has 0 fully saturated rings. The Morgan fingerprint density at radius 1 is 1.71 bits per heavy atom. The largest absolute Gasteiger partial charge is 0.412 e. The topological polar surface area (TPSA) is 64.4 Å². The molecule has 1 aromatic heterocycles. The van der Waals surface area contributed by atoms with Crippen molar-refractivity contribution >= 4 is 11.3 Å². The Morgan fingerprint density at radius 2 is 2.43 bits per heavy atom. The van der Waals surface area contributed by atoms with Gasteiger partial charge in [0, 0.05) is 11.6 Å². The predicted molar refractivity (Wildman–Crippen MR) is 28.6 cm³/mol. The average molecular weight is 119 g/mol. The fraction of sp³-hybridized carbons (Fsp3) is 0. The molecule has 40 valence electrons. The molecule has 4 heteroatoms. The van der Waals surface area contributed by atoms with Crippen LogP contribution in [-0.4, -0.2) is 10.5 Å². The smallest absolute Gasteiger partial charge is 0.304 e. The molecule has 0 aliphatic heterocycles. The fourth-order valence-electron chi connectivity index (χ4n) is 0.232. The number of rotatable bonds is 0. The number of hydrogen-bond acceptors (Lipinski definition) is 2. The van der Waals surface area contributed by atoms with Crippen LogP contribution >= 0.6 is 11.3 Å². The molecule has 0 atom stereocenters. The molecule has 0 aliphatic rings. The van der Waals surface area contributed by atoms with Gasteiger partial charge in [-0.1, -0.05) is 11.3 Å². The maximum absolute atomic E-state index is 10.0. The van der Waals surface area contributed by atoms with E-state index >= 15 is 0 Å². The molecule has 1 aromatic rings. The van der Waals surface area contributed by atoms with Crippen LogP contribution in [0.15, 0.2) is 16.4 Å². The zero-order valence-electron chi connectivity index (χ0n) is 3.47. The van der Waals surface area contributed by atoms with Crippen LogP contribution in [0, 0.1) is 0 Å². The van der Waals surface area contributed by atoms with Crippen LogP contribution in [0.5, 0.6) is 0 Å². The summed E-state index contributed by atoms with van der Waals surface area (Å²) in [6, 6.07) is 0. The van der Waals surface area contributed by atoms with E-state index in [0.717, 1.165) is 0 Å². The van der Waals surface area contributed by atoms with Crippen LogP contribution in [0.25, 0.3) is 0 Å². The summed E-state index contributed by atoms with van der Waals surface area (Å²) >= 11 is 1.17. The number of hydrogen-bond donors (Lipinski definition) is 1. The Hall–Kier alpha value is -0.610. The van der Waals surface area contributed by atoms with Crippen LogP contribution in [0.1, 0.15) is 0 Å². The third kappa shape index (κ3) is 1.52. The molecule has 0 amide bonds. The van der Waals surface area contributed by atoms with Gasteiger partial charge in [-0.3, -0.25) is 4.79 Å². The van der Waals surface area contributed by atoms with E-state index in [1.165, 1.54) is 11.3 Å². The van der Waals surface area contributed by atoms with Crippen LogP contribution in [0.4, 0.5) is 0 Å². The Morgan fingerprint density at radius 3 is 2.57 bits per heavy atom. The first kappa shape index (κ1) is 6.39. The summed E-state index contributed by atoms with van der Waals surface area (Å²) in [5.41, 5.74) is 0. The molecule has 0 saturated carbocycles. The number of aromatic nitrogens is 1. The lowest BCUT2D eigenvalue weighted by Crippen LogP contribution is -1.87. The Bertz CT molecular complexity index is 151. The third-order valence-corrected chi connectivity index (χ3v) is 1.05. The second-order valence-electron chi connectivity index (χ2n) is 0.852. The first-order valence-corrected chi connectivity index (χ1v) is 2.40. The standard InChI is InChI=1S/C3H3NOS.H2O/c5-3-4-1-2-6-3;/h1-2H,(H,4,5);1H2. The van der Waals surface area contributed by atoms with E-state index in [2.05, 4.69) is 4.98 Å². The molecule has 0 spiro atoms. The molecular formula is C3H5NO2S. The molecule has 0 aliphatic carbocycles.